The molecule has 0 radical (unpaired) electrons. The first kappa shape index (κ1) is 13.6. The fourth-order valence-electron chi connectivity index (χ4n) is 1.43. The minimum absolute atomic E-state index is 0.148. The number of aliphatic hydroxyl groups excluding tert-OH is 1. The van der Waals surface area contributed by atoms with Crippen molar-refractivity contribution in [3.8, 4) is 11.5 Å². The maximum atomic E-state index is 11.3. The summed E-state index contributed by atoms with van der Waals surface area (Å²) in [4.78, 5) is 11.3. The highest BCUT2D eigenvalue weighted by molar-refractivity contribution is 6.32. The third kappa shape index (κ3) is 2.62. The van der Waals surface area contributed by atoms with Crippen molar-refractivity contribution in [2.24, 2.45) is 0 Å². The van der Waals surface area contributed by atoms with Crippen LogP contribution < -0.4 is 9.47 Å². The monoisotopic (exact) mass is 260 g/mol. The van der Waals surface area contributed by atoms with Crippen molar-refractivity contribution in [2.75, 3.05) is 21.3 Å². The van der Waals surface area contributed by atoms with Gasteiger partial charge in [0.1, 0.15) is 11.5 Å². The van der Waals surface area contributed by atoms with Gasteiger partial charge in [-0.2, -0.15) is 0 Å². The molecule has 0 saturated carbocycles. The molecule has 1 rings (SSSR count). The van der Waals surface area contributed by atoms with Crippen LogP contribution in [0.1, 0.15) is 11.7 Å². The standard InChI is InChI=1S/C11H13ClO5/c1-15-7-5-4-6(12)10(16-2)8(7)9(13)11(14)17-3/h4-5,9,13H,1-3H3. The van der Waals surface area contributed by atoms with E-state index in [1.165, 1.54) is 27.4 Å². The first-order chi connectivity index (χ1) is 8.06. The van der Waals surface area contributed by atoms with E-state index in [9.17, 15) is 9.90 Å². The van der Waals surface area contributed by atoms with Crippen LogP contribution in [0.2, 0.25) is 5.02 Å². The molecule has 1 atom stereocenters. The summed E-state index contributed by atoms with van der Waals surface area (Å²) in [6, 6.07) is 3.08. The van der Waals surface area contributed by atoms with Gasteiger partial charge in [0, 0.05) is 0 Å². The molecule has 94 valence electrons. The van der Waals surface area contributed by atoms with Crippen molar-refractivity contribution >= 4 is 17.6 Å². The summed E-state index contributed by atoms with van der Waals surface area (Å²) in [5.41, 5.74) is 0.148. The third-order valence-corrected chi connectivity index (χ3v) is 2.53. The Labute approximate surface area is 104 Å². The molecule has 0 spiro atoms. The second-order valence-corrected chi connectivity index (χ2v) is 3.53. The summed E-state index contributed by atoms with van der Waals surface area (Å²) in [7, 11) is 3.97. The van der Waals surface area contributed by atoms with Crippen molar-refractivity contribution in [3.63, 3.8) is 0 Å². The van der Waals surface area contributed by atoms with E-state index < -0.39 is 12.1 Å². The van der Waals surface area contributed by atoms with Crippen molar-refractivity contribution in [2.45, 2.75) is 6.10 Å². The Balaban J connectivity index is 3.36. The van der Waals surface area contributed by atoms with E-state index >= 15 is 0 Å². The predicted octanol–water partition coefficient (Wildman–Crippen LogP) is 1.56. The quantitative estimate of drug-likeness (QED) is 0.833. The second kappa shape index (κ2) is 5.75. The lowest BCUT2D eigenvalue weighted by atomic mass is 10.1. The SMILES string of the molecule is COC(=O)C(O)c1c(OC)ccc(Cl)c1OC. The maximum absolute atomic E-state index is 11.3. The van der Waals surface area contributed by atoms with Crippen molar-refractivity contribution in [1.82, 2.24) is 0 Å². The maximum Gasteiger partial charge on any atom is 0.339 e. The molecular weight excluding hydrogens is 248 g/mol. The molecule has 0 bridgehead atoms. The van der Waals surface area contributed by atoms with Gasteiger partial charge in [0.25, 0.3) is 0 Å². The van der Waals surface area contributed by atoms with Gasteiger partial charge in [-0.15, -0.1) is 0 Å². The zero-order valence-electron chi connectivity index (χ0n) is 9.69. The largest absolute Gasteiger partial charge is 0.496 e. The summed E-state index contributed by atoms with van der Waals surface area (Å²) < 4.78 is 14.6. The number of ether oxygens (including phenoxy) is 3. The van der Waals surface area contributed by atoms with Gasteiger partial charge < -0.3 is 19.3 Å². The number of aliphatic hydroxyl groups is 1. The third-order valence-electron chi connectivity index (χ3n) is 2.23. The molecular formula is C11H13ClO5. The molecule has 0 aliphatic heterocycles. The summed E-state index contributed by atoms with van der Waals surface area (Å²) in [5, 5.41) is 10.1. The highest BCUT2D eigenvalue weighted by atomic mass is 35.5. The molecule has 0 fully saturated rings. The van der Waals surface area contributed by atoms with E-state index in [1.807, 2.05) is 0 Å². The van der Waals surface area contributed by atoms with Crippen LogP contribution >= 0.6 is 11.6 Å². The molecule has 0 amide bonds. The summed E-state index contributed by atoms with van der Waals surface area (Å²) in [5.74, 6) is -0.336. The van der Waals surface area contributed by atoms with E-state index in [4.69, 9.17) is 21.1 Å². The zero-order chi connectivity index (χ0) is 13.0. The molecule has 1 unspecified atom stereocenters. The van der Waals surface area contributed by atoms with Gasteiger partial charge in [-0.3, -0.25) is 0 Å². The number of rotatable bonds is 4. The van der Waals surface area contributed by atoms with E-state index in [2.05, 4.69) is 4.74 Å². The van der Waals surface area contributed by atoms with Crippen LogP contribution in [0.3, 0.4) is 0 Å². The van der Waals surface area contributed by atoms with Gasteiger partial charge in [-0.1, -0.05) is 11.6 Å². The fourth-order valence-corrected chi connectivity index (χ4v) is 1.67. The van der Waals surface area contributed by atoms with Gasteiger partial charge in [-0.25, -0.2) is 4.79 Å². The molecule has 1 aromatic rings. The van der Waals surface area contributed by atoms with E-state index in [0.29, 0.717) is 5.75 Å². The Hall–Kier alpha value is -1.46. The number of halogens is 1. The average Bonchev–Trinajstić information content (AvgIpc) is 2.36. The van der Waals surface area contributed by atoms with Gasteiger partial charge >= 0.3 is 5.97 Å². The number of esters is 1. The first-order valence-electron chi connectivity index (χ1n) is 4.73. The lowest BCUT2D eigenvalue weighted by Gasteiger charge is -2.17. The van der Waals surface area contributed by atoms with E-state index in [1.54, 1.807) is 6.07 Å². The van der Waals surface area contributed by atoms with Gasteiger partial charge in [0.05, 0.1) is 31.9 Å². The highest BCUT2D eigenvalue weighted by Crippen LogP contribution is 2.39. The molecule has 5 nitrogen and oxygen atoms in total. The predicted molar refractivity (Wildman–Crippen MR) is 61.5 cm³/mol. The number of hydrogen-bond donors (Lipinski definition) is 1. The molecule has 0 aromatic heterocycles. The topological polar surface area (TPSA) is 65.0 Å². The van der Waals surface area contributed by atoms with Crippen LogP contribution in [0.15, 0.2) is 12.1 Å². The molecule has 6 heteroatoms. The molecule has 0 heterocycles. The summed E-state index contributed by atoms with van der Waals surface area (Å²) in [6.07, 6.45) is -1.51. The number of hydrogen-bond acceptors (Lipinski definition) is 5. The van der Waals surface area contributed by atoms with Crippen LogP contribution in [0.25, 0.3) is 0 Å². The van der Waals surface area contributed by atoms with Gasteiger partial charge in [0.2, 0.25) is 0 Å². The smallest absolute Gasteiger partial charge is 0.339 e. The number of methoxy groups -OCH3 is 3. The highest BCUT2D eigenvalue weighted by Gasteiger charge is 2.27. The average molecular weight is 261 g/mol. The minimum Gasteiger partial charge on any atom is -0.496 e. The van der Waals surface area contributed by atoms with Crippen LogP contribution in [0.4, 0.5) is 0 Å². The zero-order valence-corrected chi connectivity index (χ0v) is 10.4. The minimum atomic E-state index is -1.51. The van der Waals surface area contributed by atoms with Crippen LogP contribution in [-0.2, 0) is 9.53 Å². The molecule has 1 aromatic carbocycles. The van der Waals surface area contributed by atoms with Gasteiger partial charge in [-0.05, 0) is 12.1 Å². The first-order valence-corrected chi connectivity index (χ1v) is 5.10. The summed E-state index contributed by atoms with van der Waals surface area (Å²) in [6.45, 7) is 0. The number of carbonyl (C=O) groups excluding carboxylic acids is 1. The Morgan fingerprint density at radius 3 is 2.41 bits per heavy atom. The molecule has 17 heavy (non-hydrogen) atoms. The van der Waals surface area contributed by atoms with Crippen molar-refractivity contribution in [3.05, 3.63) is 22.7 Å². The molecule has 0 aliphatic rings. The van der Waals surface area contributed by atoms with E-state index in [-0.39, 0.29) is 16.3 Å². The van der Waals surface area contributed by atoms with Gasteiger partial charge in [0.15, 0.2) is 6.10 Å². The van der Waals surface area contributed by atoms with Crippen LogP contribution in [-0.4, -0.2) is 32.4 Å². The summed E-state index contributed by atoms with van der Waals surface area (Å²) >= 11 is 5.91. The molecule has 0 aliphatic carbocycles. The van der Waals surface area contributed by atoms with Crippen LogP contribution in [0.5, 0.6) is 11.5 Å². The van der Waals surface area contributed by atoms with Crippen LogP contribution in [0, 0.1) is 0 Å². The molecule has 1 N–H and O–H groups in total. The Bertz CT molecular complexity index is 419. The number of benzene rings is 1. The van der Waals surface area contributed by atoms with E-state index in [0.717, 1.165) is 0 Å². The number of carbonyl (C=O) groups is 1. The molecule has 0 saturated heterocycles. The Kier molecular flexibility index (Phi) is 4.60. The second-order valence-electron chi connectivity index (χ2n) is 3.12. The Morgan fingerprint density at radius 2 is 1.94 bits per heavy atom. The van der Waals surface area contributed by atoms with Crippen molar-refractivity contribution in [1.29, 1.82) is 0 Å². The lowest BCUT2D eigenvalue weighted by Crippen LogP contribution is -2.15. The fraction of sp³-hybridized carbons (Fsp3) is 0.364. The Morgan fingerprint density at radius 1 is 1.29 bits per heavy atom. The lowest BCUT2D eigenvalue weighted by molar-refractivity contribution is -0.150. The normalized spacial score (nSPS) is 11.8. The van der Waals surface area contributed by atoms with Crippen molar-refractivity contribution < 1.29 is 24.1 Å².